The van der Waals surface area contributed by atoms with Crippen LogP contribution >= 0.6 is 0 Å². The number of rotatable bonds is 0. The number of allylic oxidation sites excluding steroid dienone is 5. The SMILES string of the molecule is C1=CC2C=C[C-]1C2.C=C[CH2-].[O-][Cl+3]([O-])([O-])O.[Pd+2]. The Hall–Kier alpha value is -0.248. The molecule has 0 aromatic heterocycles. The van der Waals surface area contributed by atoms with E-state index in [0.717, 1.165) is 5.92 Å². The molecule has 0 aromatic rings. The molecule has 0 saturated heterocycles. The standard InChI is InChI=1S/C7H7.C3H5.ClHO4.Pd/c1-2-7-4-3-6(1)5-7;1-3-2;2-1(3,4)5;/h1-4,6H,5H2;3H,1-2H2;(H,2,3,4,5);/q2*-1;;+2. The summed E-state index contributed by atoms with van der Waals surface area (Å²) in [5.74, 6) is 2.28. The quantitative estimate of drug-likeness (QED) is 0.434. The van der Waals surface area contributed by atoms with Gasteiger partial charge in [0, 0.05) is 0 Å². The Balaban J connectivity index is 0. The van der Waals surface area contributed by atoms with Gasteiger partial charge in [0.25, 0.3) is 0 Å². The summed E-state index contributed by atoms with van der Waals surface area (Å²) in [4.78, 5) is 0. The third kappa shape index (κ3) is 11.8. The van der Waals surface area contributed by atoms with E-state index in [0.29, 0.717) is 0 Å². The minimum Gasteiger partial charge on any atom is -0.245 e. The molecule has 0 radical (unpaired) electrons. The zero-order valence-electron chi connectivity index (χ0n) is 8.45. The summed E-state index contributed by atoms with van der Waals surface area (Å²) in [6, 6.07) is 0. The Labute approximate surface area is 111 Å². The maximum Gasteiger partial charge on any atom is 2.00 e. The van der Waals surface area contributed by atoms with Crippen molar-refractivity contribution in [1.82, 2.24) is 0 Å². The molecule has 0 fully saturated rings. The minimum atomic E-state index is -4.69. The third-order valence-corrected chi connectivity index (χ3v) is 1.59. The zero-order valence-corrected chi connectivity index (χ0v) is 10.8. The maximum absolute atomic E-state index is 8.60. The second kappa shape index (κ2) is 8.85. The molecule has 2 aliphatic rings. The number of fused-ring (bicyclic) bond motifs is 2. The van der Waals surface area contributed by atoms with Gasteiger partial charge in [-0.2, -0.15) is 44.2 Å². The molecule has 0 saturated carbocycles. The first-order chi connectivity index (χ1) is 6.86. The first-order valence-electron chi connectivity index (χ1n) is 4.12. The molecule has 0 unspecified atom stereocenters. The molecule has 2 rings (SSSR count). The number of halogens is 1. The van der Waals surface area contributed by atoms with Gasteiger partial charge < -0.3 is 0 Å². The zero-order chi connectivity index (χ0) is 11.9. The topological polar surface area (TPSA) is 89.4 Å². The van der Waals surface area contributed by atoms with Crippen LogP contribution in [0.2, 0.25) is 0 Å². The van der Waals surface area contributed by atoms with Crippen LogP contribution < -0.4 is 14.0 Å². The van der Waals surface area contributed by atoms with Gasteiger partial charge in [0.2, 0.25) is 0 Å². The number of hydrogen-bond acceptors (Lipinski definition) is 4. The Morgan fingerprint density at radius 1 is 1.38 bits per heavy atom. The summed E-state index contributed by atoms with van der Waals surface area (Å²) in [6.07, 6.45) is 11.7. The van der Waals surface area contributed by atoms with Crippen molar-refractivity contribution in [2.75, 3.05) is 0 Å². The molecule has 0 spiro atoms. The van der Waals surface area contributed by atoms with Gasteiger partial charge in [-0.3, -0.25) is 0 Å². The molecule has 2 aliphatic carbocycles. The van der Waals surface area contributed by atoms with Gasteiger partial charge in [-0.15, -0.1) is 5.92 Å². The minimum absolute atomic E-state index is 0. The van der Waals surface area contributed by atoms with E-state index in [1.807, 2.05) is 0 Å². The van der Waals surface area contributed by atoms with Crippen LogP contribution in [-0.4, -0.2) is 4.66 Å². The molecule has 0 aromatic carbocycles. The Morgan fingerprint density at radius 3 is 1.75 bits per heavy atom. The van der Waals surface area contributed by atoms with Crippen LogP contribution in [-0.2, 0) is 20.4 Å². The van der Waals surface area contributed by atoms with Gasteiger partial charge in [-0.1, -0.05) is 6.42 Å². The van der Waals surface area contributed by atoms with Crippen LogP contribution in [0.1, 0.15) is 6.42 Å². The Bertz CT molecular complexity index is 214. The molecule has 16 heavy (non-hydrogen) atoms. The monoisotopic (exact) mass is 338 g/mol. The second-order valence-corrected chi connectivity index (χ2v) is 3.64. The normalized spacial score (nSPS) is 15.6. The van der Waals surface area contributed by atoms with E-state index in [2.05, 4.69) is 37.8 Å². The number of hydrogen-bond donors (Lipinski definition) is 1. The van der Waals surface area contributed by atoms with Crippen LogP contribution in [0.3, 0.4) is 0 Å². The van der Waals surface area contributed by atoms with Crippen LogP contribution in [0.4, 0.5) is 0 Å². The second-order valence-electron chi connectivity index (χ2n) is 2.85. The molecule has 0 atom stereocenters. The average molecular weight is 339 g/mol. The predicted octanol–water partition coefficient (Wildman–Crippen LogP) is -1.41. The summed E-state index contributed by atoms with van der Waals surface area (Å²) >= 11 is 0. The third-order valence-electron chi connectivity index (χ3n) is 1.59. The van der Waals surface area contributed by atoms with E-state index in [9.17, 15) is 0 Å². The predicted molar refractivity (Wildman–Crippen MR) is 47.4 cm³/mol. The summed E-state index contributed by atoms with van der Waals surface area (Å²) in [7, 11) is -4.69. The van der Waals surface area contributed by atoms with Crippen molar-refractivity contribution in [3.63, 3.8) is 0 Å². The molecule has 0 aliphatic heterocycles. The summed E-state index contributed by atoms with van der Waals surface area (Å²) in [5, 5.41) is 0. The maximum atomic E-state index is 8.60. The molecule has 94 valence electrons. The molecular formula is C10H13ClO4Pd. The fourth-order valence-corrected chi connectivity index (χ4v) is 1.16. The van der Waals surface area contributed by atoms with Crippen molar-refractivity contribution >= 4 is 0 Å². The first-order valence-corrected chi connectivity index (χ1v) is 5.38. The fraction of sp³-hybridized carbons (Fsp3) is 0.200. The van der Waals surface area contributed by atoms with E-state index in [1.165, 1.54) is 18.4 Å². The molecule has 4 nitrogen and oxygen atoms in total. The van der Waals surface area contributed by atoms with Crippen LogP contribution in [0.5, 0.6) is 0 Å². The van der Waals surface area contributed by atoms with Gasteiger partial charge in [-0.05, 0) is 0 Å². The van der Waals surface area contributed by atoms with Gasteiger partial charge in [0.1, 0.15) is 0 Å². The van der Waals surface area contributed by atoms with Crippen molar-refractivity contribution in [3.05, 3.63) is 49.8 Å². The van der Waals surface area contributed by atoms with E-state index in [1.54, 1.807) is 0 Å². The average Bonchev–Trinajstić information content (AvgIpc) is 2.63. The summed E-state index contributed by atoms with van der Waals surface area (Å²) < 4.78 is 32.7. The van der Waals surface area contributed by atoms with Crippen molar-refractivity contribution in [3.8, 4) is 0 Å². The summed E-state index contributed by atoms with van der Waals surface area (Å²) in [5.41, 5.74) is 0. The van der Waals surface area contributed by atoms with Crippen molar-refractivity contribution in [2.24, 2.45) is 5.92 Å². The van der Waals surface area contributed by atoms with Crippen LogP contribution in [0, 0.1) is 29.0 Å². The molecule has 6 heteroatoms. The molecule has 0 heterocycles. The molecule has 0 amide bonds. The largest absolute Gasteiger partial charge is 2.00 e. The van der Waals surface area contributed by atoms with Crippen LogP contribution in [0.25, 0.3) is 0 Å². The molecule has 2 bridgehead atoms. The smallest absolute Gasteiger partial charge is 0.245 e. The van der Waals surface area contributed by atoms with Gasteiger partial charge in [-0.25, -0.2) is 19.6 Å². The van der Waals surface area contributed by atoms with Gasteiger partial charge in [0.05, 0.1) is 14.9 Å². The molecular weight excluding hydrogens is 326 g/mol. The first kappa shape index (κ1) is 18.1. The van der Waals surface area contributed by atoms with E-state index >= 15 is 0 Å². The van der Waals surface area contributed by atoms with Crippen molar-refractivity contribution < 1.29 is 49.3 Å². The van der Waals surface area contributed by atoms with E-state index in [-0.39, 0.29) is 20.4 Å². The Morgan fingerprint density at radius 2 is 1.69 bits per heavy atom. The van der Waals surface area contributed by atoms with Crippen molar-refractivity contribution in [1.29, 1.82) is 0 Å². The van der Waals surface area contributed by atoms with E-state index < -0.39 is 10.2 Å². The van der Waals surface area contributed by atoms with Crippen molar-refractivity contribution in [2.45, 2.75) is 6.42 Å². The molecule has 1 N–H and O–H groups in total. The van der Waals surface area contributed by atoms with Gasteiger partial charge >= 0.3 is 20.4 Å². The van der Waals surface area contributed by atoms with Gasteiger partial charge in [0.15, 0.2) is 0 Å². The summed E-state index contributed by atoms with van der Waals surface area (Å²) in [6.45, 7) is 6.50. The Kier molecular flexibility index (Phi) is 10.0. The fourth-order valence-electron chi connectivity index (χ4n) is 1.16. The van der Waals surface area contributed by atoms with E-state index in [4.69, 9.17) is 18.6 Å². The van der Waals surface area contributed by atoms with Crippen LogP contribution in [0.15, 0.2) is 37.0 Å².